The van der Waals surface area contributed by atoms with Gasteiger partial charge in [0.25, 0.3) is 11.5 Å². The first kappa shape index (κ1) is 19.0. The lowest BCUT2D eigenvalue weighted by molar-refractivity contribution is -0.0643. The van der Waals surface area contributed by atoms with Crippen molar-refractivity contribution in [3.05, 3.63) is 81.7 Å². The zero-order valence-corrected chi connectivity index (χ0v) is 15.2. The van der Waals surface area contributed by atoms with Crippen LogP contribution in [0.4, 0.5) is 4.39 Å². The molecule has 1 aliphatic heterocycles. The standard InChI is InChI=1S/C20H21FN2O4/c1-4-20(5-2)13(3)16(21)18(27-20)22-12-11-15(24)23(19(22)26)17(25)14-9-7-6-8-10-14/h4,6-13,16,18H,1,5H2,2-3H3/t13-,16+,18+,20+/m0/s1. The number of aromatic nitrogens is 2. The van der Waals surface area contributed by atoms with Crippen LogP contribution in [0.25, 0.3) is 0 Å². The monoisotopic (exact) mass is 372 g/mol. The highest BCUT2D eigenvalue weighted by Gasteiger charge is 2.51. The summed E-state index contributed by atoms with van der Waals surface area (Å²) in [5.74, 6) is -1.31. The van der Waals surface area contributed by atoms with Gasteiger partial charge < -0.3 is 4.74 Å². The molecule has 1 aromatic heterocycles. The molecule has 4 atom stereocenters. The summed E-state index contributed by atoms with van der Waals surface area (Å²) in [6.07, 6.45) is 0.434. The normalized spacial score (nSPS) is 27.4. The molecule has 142 valence electrons. The molecule has 27 heavy (non-hydrogen) atoms. The molecule has 0 unspecified atom stereocenters. The van der Waals surface area contributed by atoms with Gasteiger partial charge in [-0.3, -0.25) is 14.2 Å². The molecule has 0 bridgehead atoms. The average Bonchev–Trinajstić information content (AvgIpc) is 2.94. The first-order chi connectivity index (χ1) is 12.9. The van der Waals surface area contributed by atoms with Crippen molar-refractivity contribution in [1.29, 1.82) is 0 Å². The number of hydrogen-bond acceptors (Lipinski definition) is 4. The van der Waals surface area contributed by atoms with E-state index in [4.69, 9.17) is 4.74 Å². The van der Waals surface area contributed by atoms with Gasteiger partial charge in [-0.25, -0.2) is 9.18 Å². The fraction of sp³-hybridized carbons (Fsp3) is 0.350. The highest BCUT2D eigenvalue weighted by molar-refractivity contribution is 5.95. The second kappa shape index (κ2) is 7.08. The lowest BCUT2D eigenvalue weighted by Crippen LogP contribution is -2.45. The van der Waals surface area contributed by atoms with E-state index in [2.05, 4.69) is 6.58 Å². The van der Waals surface area contributed by atoms with E-state index in [1.54, 1.807) is 31.2 Å². The van der Waals surface area contributed by atoms with Crippen molar-refractivity contribution < 1.29 is 13.9 Å². The molecule has 0 radical (unpaired) electrons. The van der Waals surface area contributed by atoms with Crippen LogP contribution in [0, 0.1) is 5.92 Å². The number of benzene rings is 1. The van der Waals surface area contributed by atoms with Gasteiger partial charge in [0.2, 0.25) is 0 Å². The number of ether oxygens (including phenoxy) is 1. The third-order valence-electron chi connectivity index (χ3n) is 5.27. The number of alkyl halides is 1. The van der Waals surface area contributed by atoms with E-state index in [9.17, 15) is 18.8 Å². The molecule has 0 saturated carbocycles. The van der Waals surface area contributed by atoms with Crippen LogP contribution in [-0.4, -0.2) is 26.8 Å². The molecule has 6 nitrogen and oxygen atoms in total. The molecule has 0 spiro atoms. The number of nitrogens with zero attached hydrogens (tertiary/aromatic N) is 2. The maximum absolute atomic E-state index is 15.0. The van der Waals surface area contributed by atoms with Crippen molar-refractivity contribution in [1.82, 2.24) is 9.13 Å². The summed E-state index contributed by atoms with van der Waals surface area (Å²) in [7, 11) is 0. The van der Waals surface area contributed by atoms with Crippen LogP contribution < -0.4 is 11.2 Å². The quantitative estimate of drug-likeness (QED) is 0.774. The van der Waals surface area contributed by atoms with Gasteiger partial charge in [-0.05, 0) is 18.6 Å². The first-order valence-corrected chi connectivity index (χ1v) is 8.75. The van der Waals surface area contributed by atoms with E-state index >= 15 is 0 Å². The van der Waals surface area contributed by atoms with Crippen LogP contribution >= 0.6 is 0 Å². The molecule has 3 rings (SSSR count). The SMILES string of the molecule is C=C[C@]1(CC)O[C@@H](n2ccc(=O)n(C(=O)c3ccccc3)c2=O)[C@H](F)[C@@H]1C. The van der Waals surface area contributed by atoms with Crippen LogP contribution in [0.5, 0.6) is 0 Å². The Morgan fingerprint density at radius 2 is 1.96 bits per heavy atom. The summed E-state index contributed by atoms with van der Waals surface area (Å²) in [5, 5.41) is 0. The van der Waals surface area contributed by atoms with Gasteiger partial charge in [0.15, 0.2) is 12.4 Å². The summed E-state index contributed by atoms with van der Waals surface area (Å²) in [6.45, 7) is 7.26. The Kier molecular flexibility index (Phi) is 4.97. The summed E-state index contributed by atoms with van der Waals surface area (Å²) in [4.78, 5) is 37.7. The smallest absolute Gasteiger partial charge is 0.340 e. The van der Waals surface area contributed by atoms with Crippen molar-refractivity contribution in [3.8, 4) is 0 Å². The Bertz CT molecular complexity index is 981. The van der Waals surface area contributed by atoms with Crippen LogP contribution in [0.3, 0.4) is 0 Å². The maximum Gasteiger partial charge on any atom is 0.340 e. The van der Waals surface area contributed by atoms with E-state index in [0.717, 1.165) is 16.8 Å². The van der Waals surface area contributed by atoms with Gasteiger partial charge in [-0.1, -0.05) is 38.1 Å². The average molecular weight is 372 g/mol. The van der Waals surface area contributed by atoms with Gasteiger partial charge in [0, 0.05) is 23.7 Å². The fourth-order valence-electron chi connectivity index (χ4n) is 3.49. The molecule has 1 fully saturated rings. The van der Waals surface area contributed by atoms with Crippen LogP contribution in [0.2, 0.25) is 0 Å². The van der Waals surface area contributed by atoms with Crippen molar-refractivity contribution in [2.24, 2.45) is 5.92 Å². The lowest BCUT2D eigenvalue weighted by Gasteiger charge is -2.27. The van der Waals surface area contributed by atoms with E-state index < -0.39 is 41.1 Å². The van der Waals surface area contributed by atoms with Gasteiger partial charge in [0.1, 0.15) is 0 Å². The Balaban J connectivity index is 2.10. The minimum Gasteiger partial charge on any atom is -0.344 e. The molecular weight excluding hydrogens is 351 g/mol. The number of carbonyl (C=O) groups is 1. The van der Waals surface area contributed by atoms with Gasteiger partial charge >= 0.3 is 5.69 Å². The lowest BCUT2D eigenvalue weighted by atomic mass is 9.85. The molecule has 7 heteroatoms. The second-order valence-corrected chi connectivity index (χ2v) is 6.60. The third-order valence-corrected chi connectivity index (χ3v) is 5.27. The summed E-state index contributed by atoms with van der Waals surface area (Å²) < 4.78 is 22.3. The van der Waals surface area contributed by atoms with Crippen molar-refractivity contribution in [3.63, 3.8) is 0 Å². The van der Waals surface area contributed by atoms with E-state index in [-0.39, 0.29) is 5.56 Å². The number of hydrogen-bond donors (Lipinski definition) is 0. The number of halogens is 1. The topological polar surface area (TPSA) is 70.3 Å². The Morgan fingerprint density at radius 1 is 1.30 bits per heavy atom. The summed E-state index contributed by atoms with van der Waals surface area (Å²) in [6, 6.07) is 9.01. The third kappa shape index (κ3) is 2.98. The minimum absolute atomic E-state index is 0.181. The van der Waals surface area contributed by atoms with Crippen LogP contribution in [-0.2, 0) is 4.74 Å². The predicted octanol–water partition coefficient (Wildman–Crippen LogP) is 2.54. The number of carbonyl (C=O) groups excluding carboxylic acids is 1. The zero-order chi connectivity index (χ0) is 19.8. The summed E-state index contributed by atoms with van der Waals surface area (Å²) >= 11 is 0. The second-order valence-electron chi connectivity index (χ2n) is 6.60. The van der Waals surface area contributed by atoms with Crippen molar-refractivity contribution in [2.75, 3.05) is 0 Å². The first-order valence-electron chi connectivity index (χ1n) is 8.75. The Morgan fingerprint density at radius 3 is 2.52 bits per heavy atom. The van der Waals surface area contributed by atoms with Crippen LogP contribution in [0.1, 0.15) is 36.9 Å². The van der Waals surface area contributed by atoms with E-state index in [1.165, 1.54) is 12.1 Å². The molecule has 2 aromatic rings. The Hall–Kier alpha value is -2.80. The van der Waals surface area contributed by atoms with Gasteiger partial charge in [-0.2, -0.15) is 4.57 Å². The highest BCUT2D eigenvalue weighted by atomic mass is 19.1. The molecule has 2 heterocycles. The van der Waals surface area contributed by atoms with Crippen molar-refractivity contribution >= 4 is 5.91 Å². The van der Waals surface area contributed by atoms with Gasteiger partial charge in [0.05, 0.1) is 5.60 Å². The summed E-state index contributed by atoms with van der Waals surface area (Å²) in [5.41, 5.74) is -2.46. The predicted molar refractivity (Wildman–Crippen MR) is 98.5 cm³/mol. The van der Waals surface area contributed by atoms with Crippen molar-refractivity contribution in [2.45, 2.75) is 38.3 Å². The van der Waals surface area contributed by atoms with Gasteiger partial charge in [-0.15, -0.1) is 6.58 Å². The van der Waals surface area contributed by atoms with E-state index in [1.807, 2.05) is 6.92 Å². The molecule has 1 aliphatic rings. The molecular formula is C20H21FN2O4. The maximum atomic E-state index is 15.0. The number of rotatable bonds is 4. The molecule has 1 saturated heterocycles. The minimum atomic E-state index is -1.50. The van der Waals surface area contributed by atoms with E-state index in [0.29, 0.717) is 11.0 Å². The molecule has 0 aliphatic carbocycles. The zero-order valence-electron chi connectivity index (χ0n) is 15.2. The van der Waals surface area contributed by atoms with Crippen LogP contribution in [0.15, 0.2) is 64.8 Å². The molecule has 1 aromatic carbocycles. The molecule has 0 N–H and O–H groups in total. The Labute approximate surface area is 155 Å². The largest absolute Gasteiger partial charge is 0.344 e. The highest BCUT2D eigenvalue weighted by Crippen LogP contribution is 2.45. The fourth-order valence-corrected chi connectivity index (χ4v) is 3.49. The molecule has 0 amide bonds.